The van der Waals surface area contributed by atoms with E-state index < -0.39 is 0 Å². The molecule has 0 amide bonds. The van der Waals surface area contributed by atoms with Crippen LogP contribution in [0.3, 0.4) is 0 Å². The third-order valence-corrected chi connectivity index (χ3v) is 4.80. The zero-order valence-corrected chi connectivity index (χ0v) is 14.4. The third kappa shape index (κ3) is 2.85. The number of carbonyl (C=O) groups excluding carboxylic acids is 1. The van der Waals surface area contributed by atoms with E-state index in [9.17, 15) is 4.79 Å². The molecule has 25 heavy (non-hydrogen) atoms. The molecule has 0 aliphatic heterocycles. The van der Waals surface area contributed by atoms with Gasteiger partial charge in [0.25, 0.3) is 0 Å². The molecule has 0 saturated heterocycles. The van der Waals surface area contributed by atoms with Gasteiger partial charge in [0.05, 0.1) is 0 Å². The highest BCUT2D eigenvalue weighted by Gasteiger charge is 2.16. The van der Waals surface area contributed by atoms with Gasteiger partial charge in [-0.1, -0.05) is 67.9 Å². The Bertz CT molecular complexity index is 1060. The van der Waals surface area contributed by atoms with Crippen LogP contribution in [-0.2, 0) is 6.54 Å². The van der Waals surface area contributed by atoms with E-state index in [2.05, 4.69) is 29.7 Å². The van der Waals surface area contributed by atoms with Crippen molar-refractivity contribution >= 4 is 27.5 Å². The first-order valence-electron chi connectivity index (χ1n) is 8.89. The number of carbonyl (C=O) groups is 1. The Morgan fingerprint density at radius 1 is 0.920 bits per heavy atom. The van der Waals surface area contributed by atoms with E-state index in [0.29, 0.717) is 0 Å². The molecule has 1 heterocycles. The standard InChI is InChI=1S/C23H21NO/c1-2-3-14-24-16-21(20-10-6-7-11-22(20)24)23(25)19-13-12-17-8-4-5-9-18(17)15-19/h4-13,15-16H,2-3,14H2,1H3/i1+1,2+1,3+1,14+1. The highest BCUT2D eigenvalue weighted by molar-refractivity contribution is 6.17. The van der Waals surface area contributed by atoms with E-state index >= 15 is 0 Å². The first-order chi connectivity index (χ1) is 12.3. The Labute approximate surface area is 147 Å². The summed E-state index contributed by atoms with van der Waals surface area (Å²) in [6, 6.07) is 22.3. The molecule has 0 fully saturated rings. The van der Waals surface area contributed by atoms with Crippen molar-refractivity contribution in [2.75, 3.05) is 0 Å². The SMILES string of the molecule is [13CH3][13CH2][13CH2][13CH2]n1cc(C(=O)c2ccc3ccccc3c2)c2ccccc21. The van der Waals surface area contributed by atoms with Crippen molar-refractivity contribution in [1.82, 2.24) is 4.57 Å². The van der Waals surface area contributed by atoms with Crippen LogP contribution >= 0.6 is 0 Å². The molecule has 0 aliphatic rings. The van der Waals surface area contributed by atoms with E-state index in [1.807, 2.05) is 54.7 Å². The van der Waals surface area contributed by atoms with Crippen LogP contribution in [-0.4, -0.2) is 10.4 Å². The van der Waals surface area contributed by atoms with Crippen LogP contribution in [0.25, 0.3) is 21.7 Å². The number of rotatable bonds is 5. The van der Waals surface area contributed by atoms with Gasteiger partial charge in [-0.2, -0.15) is 0 Å². The van der Waals surface area contributed by atoms with E-state index in [-0.39, 0.29) is 5.78 Å². The quantitative estimate of drug-likeness (QED) is 0.333. The van der Waals surface area contributed by atoms with Gasteiger partial charge in [0.15, 0.2) is 5.78 Å². The lowest BCUT2D eigenvalue weighted by molar-refractivity contribution is 0.104. The molecule has 0 saturated carbocycles. The van der Waals surface area contributed by atoms with Gasteiger partial charge >= 0.3 is 0 Å². The normalized spacial score (nSPS) is 11.2. The Hall–Kier alpha value is -2.87. The Morgan fingerprint density at radius 3 is 2.52 bits per heavy atom. The van der Waals surface area contributed by atoms with E-state index in [4.69, 9.17) is 0 Å². The largest absolute Gasteiger partial charge is 0.347 e. The summed E-state index contributed by atoms with van der Waals surface area (Å²) in [5, 5.41) is 3.30. The number of aromatic nitrogens is 1. The smallest absolute Gasteiger partial charge is 0.195 e. The maximum atomic E-state index is 13.2. The minimum atomic E-state index is 0.0946. The molecule has 0 bridgehead atoms. The van der Waals surface area contributed by atoms with Gasteiger partial charge in [-0.05, 0) is 29.3 Å². The van der Waals surface area contributed by atoms with Crippen LogP contribution in [0.15, 0.2) is 72.9 Å². The predicted molar refractivity (Wildman–Crippen MR) is 104 cm³/mol. The topological polar surface area (TPSA) is 22.0 Å². The van der Waals surface area contributed by atoms with Gasteiger partial charge in [-0.15, -0.1) is 0 Å². The van der Waals surface area contributed by atoms with E-state index in [1.54, 1.807) is 0 Å². The Kier molecular flexibility index (Phi) is 4.10. The van der Waals surface area contributed by atoms with Gasteiger partial charge < -0.3 is 4.57 Å². The zero-order valence-electron chi connectivity index (χ0n) is 14.4. The molecule has 3 aromatic carbocycles. The highest BCUT2D eigenvalue weighted by Crippen LogP contribution is 2.25. The molecule has 0 atom stereocenters. The molecule has 0 spiro atoms. The van der Waals surface area contributed by atoms with Crippen molar-refractivity contribution in [1.29, 1.82) is 0 Å². The van der Waals surface area contributed by atoms with Crippen LogP contribution in [0.2, 0.25) is 0 Å². The first-order valence-corrected chi connectivity index (χ1v) is 8.89. The number of unbranched alkanes of at least 4 members (excludes halogenated alkanes) is 1. The number of hydrogen-bond acceptors (Lipinski definition) is 1. The highest BCUT2D eigenvalue weighted by atomic mass is 16.1. The molecule has 0 N–H and O–H groups in total. The number of fused-ring (bicyclic) bond motifs is 2. The third-order valence-electron chi connectivity index (χ3n) is 4.80. The van der Waals surface area contributed by atoms with E-state index in [0.717, 1.165) is 52.2 Å². The molecule has 2 nitrogen and oxygen atoms in total. The molecule has 0 radical (unpaired) electrons. The van der Waals surface area contributed by atoms with Crippen molar-refractivity contribution in [2.24, 2.45) is 0 Å². The summed E-state index contributed by atoms with van der Waals surface area (Å²) in [6.45, 7) is 3.13. The van der Waals surface area contributed by atoms with Crippen molar-refractivity contribution in [2.45, 2.75) is 26.3 Å². The average molecular weight is 331 g/mol. The summed E-state index contributed by atoms with van der Waals surface area (Å²) in [7, 11) is 0. The monoisotopic (exact) mass is 331 g/mol. The fourth-order valence-corrected chi connectivity index (χ4v) is 3.43. The second-order valence-electron chi connectivity index (χ2n) is 6.50. The van der Waals surface area contributed by atoms with Crippen LogP contribution in [0.4, 0.5) is 0 Å². The number of ketones is 1. The fourth-order valence-electron chi connectivity index (χ4n) is 3.43. The summed E-state index contributed by atoms with van der Waals surface area (Å²) in [4.78, 5) is 13.2. The van der Waals surface area contributed by atoms with Crippen molar-refractivity contribution in [3.8, 4) is 0 Å². The maximum Gasteiger partial charge on any atom is 0.195 e. The van der Waals surface area contributed by atoms with E-state index in [1.165, 1.54) is 0 Å². The van der Waals surface area contributed by atoms with Crippen LogP contribution < -0.4 is 0 Å². The number of para-hydroxylation sites is 1. The Morgan fingerprint density at radius 2 is 1.68 bits per heavy atom. The predicted octanol–water partition coefficient (Wildman–Crippen LogP) is 5.83. The molecule has 1 aromatic heterocycles. The summed E-state index contributed by atoms with van der Waals surface area (Å²) in [5.41, 5.74) is 2.68. The van der Waals surface area contributed by atoms with Crippen molar-refractivity contribution in [3.05, 3.63) is 84.1 Å². The lowest BCUT2D eigenvalue weighted by atomic mass is 10.00. The second-order valence-corrected chi connectivity index (χ2v) is 6.50. The van der Waals surface area contributed by atoms with Gasteiger partial charge in [-0.3, -0.25) is 4.79 Å². The molecule has 124 valence electrons. The van der Waals surface area contributed by atoms with Gasteiger partial charge in [-0.25, -0.2) is 0 Å². The number of hydrogen-bond donors (Lipinski definition) is 0. The average Bonchev–Trinajstić information content (AvgIpc) is 3.04. The lowest BCUT2D eigenvalue weighted by Gasteiger charge is -2.03. The number of aryl methyl sites for hydroxylation is 1. The number of nitrogens with zero attached hydrogens (tertiary/aromatic N) is 1. The van der Waals surface area contributed by atoms with Crippen LogP contribution in [0.1, 0.15) is 35.7 Å². The molecule has 0 unspecified atom stereocenters. The summed E-state index contributed by atoms with van der Waals surface area (Å²) < 4.78 is 2.22. The molecule has 4 aromatic rings. The minimum Gasteiger partial charge on any atom is -0.347 e. The molecular formula is C23H21NO. The summed E-state index contributed by atoms with van der Waals surface area (Å²) in [6.07, 6.45) is 4.28. The molecule has 4 rings (SSSR count). The molecular weight excluding hydrogens is 310 g/mol. The summed E-state index contributed by atoms with van der Waals surface area (Å²) in [5.74, 6) is 0.0946. The van der Waals surface area contributed by atoms with Crippen LogP contribution in [0, 0.1) is 0 Å². The van der Waals surface area contributed by atoms with Crippen LogP contribution in [0.5, 0.6) is 0 Å². The molecule has 0 aliphatic carbocycles. The fraction of sp³-hybridized carbons (Fsp3) is 0.174. The zero-order chi connectivity index (χ0) is 17.2. The van der Waals surface area contributed by atoms with Gasteiger partial charge in [0, 0.05) is 34.8 Å². The van der Waals surface area contributed by atoms with Crippen molar-refractivity contribution in [3.63, 3.8) is 0 Å². The lowest BCUT2D eigenvalue weighted by Crippen LogP contribution is -2.01. The van der Waals surface area contributed by atoms with Crippen molar-refractivity contribution < 1.29 is 4.79 Å². The van der Waals surface area contributed by atoms with Gasteiger partial charge in [0.2, 0.25) is 0 Å². The second kappa shape index (κ2) is 6.56. The summed E-state index contributed by atoms with van der Waals surface area (Å²) >= 11 is 0. The maximum absolute atomic E-state index is 13.2. The minimum absolute atomic E-state index is 0.0946. The van der Waals surface area contributed by atoms with Gasteiger partial charge in [0.1, 0.15) is 0 Å². The number of benzene rings is 3. The first kappa shape index (κ1) is 15.6. The Balaban J connectivity index is 1.81. The molecule has 2 heteroatoms.